The third kappa shape index (κ3) is 4.16. The summed E-state index contributed by atoms with van der Waals surface area (Å²) in [6.07, 6.45) is 0.955. The number of anilines is 1. The van der Waals surface area contributed by atoms with Crippen LogP contribution in [-0.4, -0.2) is 34.4 Å². The molecule has 2 aliphatic rings. The smallest absolute Gasteiger partial charge is 0.274 e. The lowest BCUT2D eigenvalue weighted by Gasteiger charge is -2.43. The van der Waals surface area contributed by atoms with Gasteiger partial charge >= 0.3 is 0 Å². The third-order valence-corrected chi connectivity index (χ3v) is 7.99. The molecule has 0 aliphatic carbocycles. The lowest BCUT2D eigenvalue weighted by molar-refractivity contribution is 0.0594. The number of benzene rings is 2. The number of rotatable bonds is 4. The van der Waals surface area contributed by atoms with E-state index < -0.39 is 0 Å². The lowest BCUT2D eigenvalue weighted by Crippen LogP contribution is -2.49. The number of nitrogens with zero attached hydrogens (tertiary/aromatic N) is 2. The van der Waals surface area contributed by atoms with Crippen LogP contribution in [0, 0.1) is 5.92 Å². The van der Waals surface area contributed by atoms with Crippen LogP contribution in [-0.2, 0) is 6.54 Å². The molecule has 2 atom stereocenters. The predicted octanol–water partition coefficient (Wildman–Crippen LogP) is 5.09. The number of piperidine rings is 1. The molecule has 36 heavy (non-hydrogen) atoms. The molecule has 4 heterocycles. The van der Waals surface area contributed by atoms with Crippen LogP contribution in [0.2, 0.25) is 0 Å². The van der Waals surface area contributed by atoms with E-state index in [4.69, 9.17) is 0 Å². The number of carbonyl (C=O) groups excluding carboxylic acids is 2. The summed E-state index contributed by atoms with van der Waals surface area (Å²) in [6.45, 7) is 1.74. The molecule has 0 radical (unpaired) electrons. The molecule has 7 heteroatoms. The number of fused-ring (bicyclic) bond motifs is 4. The summed E-state index contributed by atoms with van der Waals surface area (Å²) in [4.78, 5) is 41.5. The number of pyridine rings is 1. The predicted molar refractivity (Wildman–Crippen MR) is 142 cm³/mol. The summed E-state index contributed by atoms with van der Waals surface area (Å²) in [6, 6.07) is 25.1. The molecule has 2 amide bonds. The molecule has 2 aromatic carbocycles. The fraction of sp³-hybridized carbons (Fsp3) is 0.207. The van der Waals surface area contributed by atoms with Crippen LogP contribution >= 0.6 is 11.3 Å². The van der Waals surface area contributed by atoms with Gasteiger partial charge in [0.1, 0.15) is 5.69 Å². The molecule has 2 bridgehead atoms. The zero-order valence-corrected chi connectivity index (χ0v) is 20.4. The molecular weight excluding hydrogens is 470 g/mol. The zero-order chi connectivity index (χ0) is 24.6. The molecule has 6 rings (SSSR count). The van der Waals surface area contributed by atoms with Crippen molar-refractivity contribution in [2.45, 2.75) is 18.9 Å². The Labute approximate surface area is 212 Å². The van der Waals surface area contributed by atoms with Gasteiger partial charge < -0.3 is 14.8 Å². The highest BCUT2D eigenvalue weighted by Crippen LogP contribution is 2.36. The standard InChI is InChI=1S/C29H25N3O3S/c33-27(26-7-4-14-36-26)30-24-12-13-25-23-15-19(17-32(25)29(24)35)16-31(18-23)28(34)22-10-8-21(9-11-22)20-5-2-1-3-6-20/h1-14,19,23H,15-18H2,(H,30,33). The third-order valence-electron chi connectivity index (χ3n) is 7.12. The van der Waals surface area contributed by atoms with E-state index in [-0.39, 0.29) is 29.2 Å². The molecule has 1 saturated heterocycles. The average molecular weight is 496 g/mol. The normalized spacial score (nSPS) is 18.4. The summed E-state index contributed by atoms with van der Waals surface area (Å²) < 4.78 is 1.79. The van der Waals surface area contributed by atoms with E-state index in [1.165, 1.54) is 11.3 Å². The quantitative estimate of drug-likeness (QED) is 0.429. The maximum Gasteiger partial charge on any atom is 0.274 e. The Morgan fingerprint density at radius 1 is 0.833 bits per heavy atom. The number of aromatic nitrogens is 1. The number of amides is 2. The van der Waals surface area contributed by atoms with Gasteiger partial charge in [0.05, 0.1) is 4.88 Å². The van der Waals surface area contributed by atoms with E-state index >= 15 is 0 Å². The van der Waals surface area contributed by atoms with Gasteiger partial charge in [0, 0.05) is 36.8 Å². The van der Waals surface area contributed by atoms with Crippen molar-refractivity contribution >= 4 is 28.8 Å². The highest BCUT2D eigenvalue weighted by molar-refractivity contribution is 7.12. The second-order valence-corrected chi connectivity index (χ2v) is 10.4. The zero-order valence-electron chi connectivity index (χ0n) is 19.6. The fourth-order valence-corrected chi connectivity index (χ4v) is 6.04. The second-order valence-electron chi connectivity index (χ2n) is 9.47. The van der Waals surface area contributed by atoms with Crippen molar-refractivity contribution < 1.29 is 9.59 Å². The van der Waals surface area contributed by atoms with E-state index in [1.807, 2.05) is 64.9 Å². The van der Waals surface area contributed by atoms with Gasteiger partial charge in [-0.1, -0.05) is 48.5 Å². The summed E-state index contributed by atoms with van der Waals surface area (Å²) in [5.41, 5.74) is 3.93. The maximum absolute atomic E-state index is 13.4. The van der Waals surface area contributed by atoms with Crippen molar-refractivity contribution in [1.82, 2.24) is 9.47 Å². The molecule has 0 saturated carbocycles. The largest absolute Gasteiger partial charge is 0.338 e. The fourth-order valence-electron chi connectivity index (χ4n) is 5.42. The Morgan fingerprint density at radius 2 is 1.61 bits per heavy atom. The van der Waals surface area contributed by atoms with E-state index in [0.29, 0.717) is 35.8 Å². The minimum Gasteiger partial charge on any atom is -0.338 e. The van der Waals surface area contributed by atoms with Crippen molar-refractivity contribution in [2.75, 3.05) is 18.4 Å². The van der Waals surface area contributed by atoms with Gasteiger partial charge in [0.15, 0.2) is 0 Å². The summed E-state index contributed by atoms with van der Waals surface area (Å²) in [5.74, 6) is 0.0539. The van der Waals surface area contributed by atoms with Gasteiger partial charge in [-0.3, -0.25) is 14.4 Å². The number of thiophene rings is 1. The van der Waals surface area contributed by atoms with Crippen LogP contribution in [0.3, 0.4) is 0 Å². The Balaban J connectivity index is 1.20. The van der Waals surface area contributed by atoms with Crippen LogP contribution in [0.25, 0.3) is 11.1 Å². The number of hydrogen-bond donors (Lipinski definition) is 1. The van der Waals surface area contributed by atoms with Crippen molar-refractivity contribution in [1.29, 1.82) is 0 Å². The molecular formula is C29H25N3O3S. The monoisotopic (exact) mass is 495 g/mol. The molecule has 180 valence electrons. The first-order valence-electron chi connectivity index (χ1n) is 12.1. The van der Waals surface area contributed by atoms with Gasteiger partial charge in [-0.2, -0.15) is 0 Å². The number of carbonyl (C=O) groups is 2. The van der Waals surface area contributed by atoms with E-state index in [0.717, 1.165) is 23.2 Å². The number of nitrogens with one attached hydrogen (secondary N) is 1. The molecule has 2 aliphatic heterocycles. The van der Waals surface area contributed by atoms with Crippen LogP contribution in [0.15, 0.2) is 89.0 Å². The molecule has 4 aromatic rings. The molecule has 1 fully saturated rings. The van der Waals surface area contributed by atoms with Crippen LogP contribution in [0.5, 0.6) is 0 Å². The Morgan fingerprint density at radius 3 is 2.36 bits per heavy atom. The first-order chi connectivity index (χ1) is 17.6. The average Bonchev–Trinajstić information content (AvgIpc) is 3.46. The van der Waals surface area contributed by atoms with Crippen molar-refractivity contribution in [3.05, 3.63) is 111 Å². The highest BCUT2D eigenvalue weighted by atomic mass is 32.1. The summed E-state index contributed by atoms with van der Waals surface area (Å²) in [7, 11) is 0. The number of hydrogen-bond acceptors (Lipinski definition) is 4. The minimum absolute atomic E-state index is 0.0277. The van der Waals surface area contributed by atoms with Crippen molar-refractivity contribution in [2.24, 2.45) is 5.92 Å². The summed E-state index contributed by atoms with van der Waals surface area (Å²) in [5, 5.41) is 4.60. The SMILES string of the molecule is O=C(Nc1ccc2n(c1=O)CC1CC2CN(C(=O)c2ccc(-c3ccccc3)cc2)C1)c1cccs1. The molecule has 2 aromatic heterocycles. The first-order valence-corrected chi connectivity index (χ1v) is 13.0. The van der Waals surface area contributed by atoms with Gasteiger partial charge in [-0.05, 0) is 59.2 Å². The van der Waals surface area contributed by atoms with E-state index in [9.17, 15) is 14.4 Å². The highest BCUT2D eigenvalue weighted by Gasteiger charge is 2.37. The number of likely N-dealkylation sites (tertiary alicyclic amines) is 1. The van der Waals surface area contributed by atoms with Gasteiger partial charge in [-0.25, -0.2) is 0 Å². The molecule has 6 nitrogen and oxygen atoms in total. The van der Waals surface area contributed by atoms with Gasteiger partial charge in [0.2, 0.25) is 0 Å². The minimum atomic E-state index is -0.270. The molecule has 1 N–H and O–H groups in total. The maximum atomic E-state index is 13.4. The second kappa shape index (κ2) is 9.24. The summed E-state index contributed by atoms with van der Waals surface area (Å²) >= 11 is 1.34. The van der Waals surface area contributed by atoms with Gasteiger partial charge in [-0.15, -0.1) is 11.3 Å². The van der Waals surface area contributed by atoms with Crippen LogP contribution < -0.4 is 10.9 Å². The Kier molecular flexibility index (Phi) is 5.77. The van der Waals surface area contributed by atoms with E-state index in [2.05, 4.69) is 17.4 Å². The lowest BCUT2D eigenvalue weighted by atomic mass is 9.83. The Hall–Kier alpha value is -3.97. The van der Waals surface area contributed by atoms with Crippen molar-refractivity contribution in [3.8, 4) is 11.1 Å². The van der Waals surface area contributed by atoms with Crippen molar-refractivity contribution in [3.63, 3.8) is 0 Å². The molecule has 0 spiro atoms. The molecule has 2 unspecified atom stereocenters. The topological polar surface area (TPSA) is 71.4 Å². The van der Waals surface area contributed by atoms with Crippen LogP contribution in [0.4, 0.5) is 5.69 Å². The van der Waals surface area contributed by atoms with Crippen LogP contribution in [0.1, 0.15) is 38.1 Å². The Bertz CT molecular complexity index is 1480. The first kappa shape index (κ1) is 22.5. The van der Waals surface area contributed by atoms with E-state index in [1.54, 1.807) is 16.7 Å². The van der Waals surface area contributed by atoms with Gasteiger partial charge in [0.25, 0.3) is 17.4 Å².